The van der Waals surface area contributed by atoms with Gasteiger partial charge in [-0.05, 0) is 60.2 Å². The topological polar surface area (TPSA) is 101 Å². The average Bonchev–Trinajstić information content (AvgIpc) is 3.37. The summed E-state index contributed by atoms with van der Waals surface area (Å²) in [6, 6.07) is 13.8. The van der Waals surface area contributed by atoms with Crippen LogP contribution in [-0.4, -0.2) is 32.5 Å². The molecule has 4 aromatic rings. The van der Waals surface area contributed by atoms with Crippen LogP contribution in [0.25, 0.3) is 0 Å². The highest BCUT2D eigenvalue weighted by Gasteiger charge is 2.56. The molecule has 0 saturated carbocycles. The summed E-state index contributed by atoms with van der Waals surface area (Å²) < 4.78 is 28.1. The zero-order valence-corrected chi connectivity index (χ0v) is 21.5. The van der Waals surface area contributed by atoms with Crippen molar-refractivity contribution in [3.8, 4) is 0 Å². The van der Waals surface area contributed by atoms with Crippen LogP contribution in [0.1, 0.15) is 16.4 Å². The lowest BCUT2D eigenvalue weighted by Gasteiger charge is -2.30. The quantitative estimate of drug-likeness (QED) is 0.368. The van der Waals surface area contributed by atoms with Crippen LogP contribution < -0.4 is 15.1 Å². The van der Waals surface area contributed by atoms with E-state index in [2.05, 4.69) is 10.3 Å². The zero-order chi connectivity index (χ0) is 27.3. The van der Waals surface area contributed by atoms with Crippen molar-refractivity contribution in [3.05, 3.63) is 105 Å². The van der Waals surface area contributed by atoms with Gasteiger partial charge in [-0.2, -0.15) is 0 Å². The molecule has 0 spiro atoms. The highest BCUT2D eigenvalue weighted by Crippen LogP contribution is 2.53. The highest BCUT2D eigenvalue weighted by atomic mass is 32.2. The molecule has 4 heterocycles. The van der Waals surface area contributed by atoms with Gasteiger partial charge in [-0.15, -0.1) is 0 Å². The Balaban J connectivity index is 1.39. The summed E-state index contributed by atoms with van der Waals surface area (Å²) in [6.45, 7) is -0.337. The minimum Gasteiger partial charge on any atom is -0.325 e. The lowest BCUT2D eigenvalue weighted by Crippen LogP contribution is -2.33. The van der Waals surface area contributed by atoms with Crippen molar-refractivity contribution in [1.29, 1.82) is 0 Å². The number of imide groups is 1. The molecule has 3 amide bonds. The fourth-order valence-electron chi connectivity index (χ4n) is 4.90. The molecule has 0 bridgehead atoms. The Kier molecular flexibility index (Phi) is 6.35. The summed E-state index contributed by atoms with van der Waals surface area (Å²) in [6.07, 6.45) is 3.18. The first-order chi connectivity index (χ1) is 18.8. The van der Waals surface area contributed by atoms with Crippen molar-refractivity contribution in [3.63, 3.8) is 0 Å². The number of halogens is 2. The normalized spacial score (nSPS) is 20.1. The van der Waals surface area contributed by atoms with Crippen molar-refractivity contribution in [2.24, 2.45) is 5.92 Å². The standard InChI is InChI=1S/C27H18F2N4O4S2/c28-15-3-7-17(8-4-15)31-19(34)13-32-26-23(39-27(32)37)20(14-2-1-11-30-12-14)21-22(38-26)25(36)33(24(21)35)18-9-5-16(29)6-10-18/h1-12,20-22H,13H2,(H,31,34)/t20-,21-,22+/m0/s1. The Hall–Kier alpha value is -4.16. The maximum Gasteiger partial charge on any atom is 0.308 e. The molecule has 0 radical (unpaired) electrons. The Morgan fingerprint density at radius 3 is 2.31 bits per heavy atom. The number of carbonyl (C=O) groups is 3. The molecule has 0 unspecified atom stereocenters. The van der Waals surface area contributed by atoms with Gasteiger partial charge in [-0.3, -0.25) is 28.7 Å². The minimum atomic E-state index is -0.874. The van der Waals surface area contributed by atoms with Gasteiger partial charge in [-0.1, -0.05) is 29.2 Å². The molecule has 0 aliphatic carbocycles. The van der Waals surface area contributed by atoms with Crippen molar-refractivity contribution in [2.75, 3.05) is 10.2 Å². The third kappa shape index (κ3) is 4.45. The molecule has 2 aromatic heterocycles. The smallest absolute Gasteiger partial charge is 0.308 e. The van der Waals surface area contributed by atoms with E-state index in [9.17, 15) is 28.0 Å². The van der Waals surface area contributed by atoms with E-state index in [-0.39, 0.29) is 12.2 Å². The van der Waals surface area contributed by atoms with Gasteiger partial charge in [0, 0.05) is 28.9 Å². The van der Waals surface area contributed by atoms with Crippen molar-refractivity contribution in [2.45, 2.75) is 22.7 Å². The number of anilines is 2. The first kappa shape index (κ1) is 25.1. The third-order valence-corrected chi connectivity index (χ3v) is 9.21. The maximum atomic E-state index is 13.7. The van der Waals surface area contributed by atoms with Crippen LogP contribution in [0.4, 0.5) is 20.2 Å². The number of benzene rings is 2. The van der Waals surface area contributed by atoms with E-state index in [0.29, 0.717) is 21.2 Å². The molecule has 12 heteroatoms. The fourth-order valence-corrected chi connectivity index (χ4v) is 7.67. The van der Waals surface area contributed by atoms with E-state index in [4.69, 9.17) is 0 Å². The summed E-state index contributed by atoms with van der Waals surface area (Å²) >= 11 is 1.99. The number of thioether (sulfide) groups is 1. The monoisotopic (exact) mass is 564 g/mol. The number of pyridine rings is 1. The van der Waals surface area contributed by atoms with E-state index >= 15 is 0 Å². The largest absolute Gasteiger partial charge is 0.325 e. The van der Waals surface area contributed by atoms with Gasteiger partial charge in [0.25, 0.3) is 0 Å². The Morgan fingerprint density at radius 1 is 0.949 bits per heavy atom. The summed E-state index contributed by atoms with van der Waals surface area (Å²) in [4.78, 5) is 58.7. The Bertz CT molecular complexity index is 1660. The van der Waals surface area contributed by atoms with Crippen LogP contribution in [0.3, 0.4) is 0 Å². The molecule has 39 heavy (non-hydrogen) atoms. The highest BCUT2D eigenvalue weighted by molar-refractivity contribution is 8.00. The van der Waals surface area contributed by atoms with Crippen molar-refractivity contribution in [1.82, 2.24) is 9.55 Å². The average molecular weight is 565 g/mol. The maximum absolute atomic E-state index is 13.7. The van der Waals surface area contributed by atoms with Crippen molar-refractivity contribution < 1.29 is 23.2 Å². The van der Waals surface area contributed by atoms with Gasteiger partial charge in [-0.25, -0.2) is 13.7 Å². The van der Waals surface area contributed by atoms with Gasteiger partial charge in [0.05, 0.1) is 16.6 Å². The van der Waals surface area contributed by atoms with E-state index in [0.717, 1.165) is 28.0 Å². The number of thiazole rings is 1. The van der Waals surface area contributed by atoms with Gasteiger partial charge < -0.3 is 5.32 Å². The van der Waals surface area contributed by atoms with E-state index in [1.165, 1.54) is 53.1 Å². The molecular weight excluding hydrogens is 546 g/mol. The van der Waals surface area contributed by atoms with E-state index < -0.39 is 51.3 Å². The number of aromatic nitrogens is 2. The Labute approximate surface area is 228 Å². The summed E-state index contributed by atoms with van der Waals surface area (Å²) in [5, 5.41) is 2.19. The van der Waals surface area contributed by atoms with Gasteiger partial charge >= 0.3 is 4.87 Å². The molecular formula is C27H18F2N4O4S2. The third-order valence-electron chi connectivity index (χ3n) is 6.61. The lowest BCUT2D eigenvalue weighted by atomic mass is 9.84. The van der Waals surface area contributed by atoms with Crippen LogP contribution in [0, 0.1) is 17.6 Å². The first-order valence-corrected chi connectivity index (χ1v) is 13.5. The van der Waals surface area contributed by atoms with Crippen LogP contribution in [0.2, 0.25) is 0 Å². The zero-order valence-electron chi connectivity index (χ0n) is 19.9. The molecule has 2 aliphatic rings. The fraction of sp³-hybridized carbons (Fsp3) is 0.148. The predicted octanol–water partition coefficient (Wildman–Crippen LogP) is 4.02. The molecule has 1 fully saturated rings. The summed E-state index contributed by atoms with van der Waals surface area (Å²) in [5.74, 6) is -3.87. The number of hydrogen-bond donors (Lipinski definition) is 1. The number of carbonyl (C=O) groups excluding carboxylic acids is 3. The number of amides is 3. The van der Waals surface area contributed by atoms with E-state index in [1.54, 1.807) is 24.5 Å². The van der Waals surface area contributed by atoms with Crippen molar-refractivity contribution >= 4 is 52.2 Å². The van der Waals surface area contributed by atoms with Crippen LogP contribution in [0.15, 0.2) is 82.9 Å². The van der Waals surface area contributed by atoms with Gasteiger partial charge in [0.2, 0.25) is 17.7 Å². The SMILES string of the molecule is O=C(Cn1c2c(sc1=O)[C@@H](c1cccnc1)[C@@H]1C(=O)N(c3ccc(F)cc3)C(=O)[C@@H]1S2)Nc1ccc(F)cc1. The molecule has 1 saturated heterocycles. The molecule has 2 aromatic carbocycles. The van der Waals surface area contributed by atoms with Crippen LogP contribution >= 0.6 is 23.1 Å². The second-order valence-electron chi connectivity index (χ2n) is 9.00. The molecule has 1 N–H and O–H groups in total. The number of nitrogens with zero attached hydrogens (tertiary/aromatic N) is 3. The summed E-state index contributed by atoms with van der Waals surface area (Å²) in [7, 11) is 0. The molecule has 196 valence electrons. The number of rotatable bonds is 5. The molecule has 2 aliphatic heterocycles. The van der Waals surface area contributed by atoms with E-state index in [1.807, 2.05) is 0 Å². The minimum absolute atomic E-state index is 0.255. The van der Waals surface area contributed by atoms with Crippen LogP contribution in [-0.2, 0) is 20.9 Å². The second kappa shape index (κ2) is 9.86. The molecule has 3 atom stereocenters. The lowest BCUT2D eigenvalue weighted by molar-refractivity contribution is -0.122. The van der Waals surface area contributed by atoms with Crippen LogP contribution in [0.5, 0.6) is 0 Å². The van der Waals surface area contributed by atoms with Gasteiger partial charge in [0.15, 0.2) is 0 Å². The number of fused-ring (bicyclic) bond motifs is 2. The second-order valence-corrected chi connectivity index (χ2v) is 11.1. The molecule has 6 rings (SSSR count). The number of hydrogen-bond acceptors (Lipinski definition) is 7. The Morgan fingerprint density at radius 2 is 1.64 bits per heavy atom. The first-order valence-electron chi connectivity index (χ1n) is 11.8. The predicted molar refractivity (Wildman–Crippen MR) is 142 cm³/mol. The molecule has 8 nitrogen and oxygen atoms in total. The summed E-state index contributed by atoms with van der Waals surface area (Å²) in [5.41, 5.74) is 1.28. The van der Waals surface area contributed by atoms with Gasteiger partial charge in [0.1, 0.15) is 23.4 Å². The number of nitrogens with one attached hydrogen (secondary N) is 1.